The predicted molar refractivity (Wildman–Crippen MR) is 125 cm³/mol. The average molecular weight is 456 g/mol. The second-order valence-electron chi connectivity index (χ2n) is 8.01. The maximum Gasteiger partial charge on any atom is 0.328 e. The molecule has 1 N–H and O–H groups in total. The van der Waals surface area contributed by atoms with E-state index in [4.69, 9.17) is 4.74 Å². The molecule has 0 spiro atoms. The highest BCUT2D eigenvalue weighted by atomic mass is 16.5. The fraction of sp³-hybridized carbons (Fsp3) is 0.185. The molecule has 7 nitrogen and oxygen atoms in total. The van der Waals surface area contributed by atoms with Crippen molar-refractivity contribution in [1.29, 1.82) is 0 Å². The van der Waals surface area contributed by atoms with Crippen LogP contribution in [0.3, 0.4) is 0 Å². The fourth-order valence-electron chi connectivity index (χ4n) is 4.08. The van der Waals surface area contributed by atoms with Gasteiger partial charge in [-0.15, -0.1) is 0 Å². The van der Waals surface area contributed by atoms with E-state index in [0.29, 0.717) is 0 Å². The molecule has 0 unspecified atom stereocenters. The molecule has 3 aromatic carbocycles. The molecular formula is C27H24N2O5. The molecule has 1 aliphatic heterocycles. The first kappa shape index (κ1) is 22.9. The van der Waals surface area contributed by atoms with Crippen LogP contribution in [0.4, 0.5) is 0 Å². The molecule has 34 heavy (non-hydrogen) atoms. The third-order valence-electron chi connectivity index (χ3n) is 5.80. The van der Waals surface area contributed by atoms with Crippen LogP contribution in [0, 0.1) is 0 Å². The highest BCUT2D eigenvalue weighted by molar-refractivity contribution is 6.22. The van der Waals surface area contributed by atoms with Crippen LogP contribution in [-0.4, -0.2) is 47.8 Å². The van der Waals surface area contributed by atoms with E-state index < -0.39 is 35.8 Å². The Labute approximate surface area is 197 Å². The molecule has 4 rings (SSSR count). The fourth-order valence-corrected chi connectivity index (χ4v) is 4.08. The minimum absolute atomic E-state index is 0.109. The molecule has 1 aliphatic rings. The van der Waals surface area contributed by atoms with Gasteiger partial charge in [-0.2, -0.15) is 0 Å². The SMILES string of the molecule is COC(=O)[C@H](Cc1ccccc1)NC(=O)[C@@H](Cc1ccccc1)N1C(=O)c2ccccc2C1=O. The van der Waals surface area contributed by atoms with Crippen molar-refractivity contribution in [1.82, 2.24) is 10.2 Å². The van der Waals surface area contributed by atoms with Gasteiger partial charge >= 0.3 is 5.97 Å². The maximum absolute atomic E-state index is 13.5. The summed E-state index contributed by atoms with van der Waals surface area (Å²) in [6.45, 7) is 0. The van der Waals surface area contributed by atoms with Gasteiger partial charge in [-0.3, -0.25) is 19.3 Å². The lowest BCUT2D eigenvalue weighted by atomic mass is 10.0. The molecule has 0 bridgehead atoms. The standard InChI is InChI=1S/C27H24N2O5/c1-34-27(33)22(16-18-10-4-2-5-11-18)28-24(30)23(17-19-12-6-3-7-13-19)29-25(31)20-14-8-9-15-21(20)26(29)32/h2-15,22-23H,16-17H2,1H3,(H,28,30)/t22-,23+/m0/s1. The van der Waals surface area contributed by atoms with E-state index in [2.05, 4.69) is 5.32 Å². The second-order valence-corrected chi connectivity index (χ2v) is 8.01. The summed E-state index contributed by atoms with van der Waals surface area (Å²) in [4.78, 5) is 53.3. The number of ether oxygens (including phenoxy) is 1. The summed E-state index contributed by atoms with van der Waals surface area (Å²) in [7, 11) is 1.25. The average Bonchev–Trinajstić information content (AvgIpc) is 3.12. The zero-order chi connectivity index (χ0) is 24.1. The van der Waals surface area contributed by atoms with Gasteiger partial charge in [0.15, 0.2) is 0 Å². The minimum atomic E-state index is -1.14. The Morgan fingerprint density at radius 3 is 1.74 bits per heavy atom. The molecule has 0 aliphatic carbocycles. The summed E-state index contributed by atoms with van der Waals surface area (Å²) in [5.74, 6) is -2.29. The van der Waals surface area contributed by atoms with Crippen molar-refractivity contribution in [2.45, 2.75) is 24.9 Å². The van der Waals surface area contributed by atoms with Crippen molar-refractivity contribution in [3.8, 4) is 0 Å². The van der Waals surface area contributed by atoms with Crippen molar-refractivity contribution in [3.63, 3.8) is 0 Å². The summed E-state index contributed by atoms with van der Waals surface area (Å²) >= 11 is 0. The lowest BCUT2D eigenvalue weighted by molar-refractivity contribution is -0.145. The minimum Gasteiger partial charge on any atom is -0.467 e. The van der Waals surface area contributed by atoms with Crippen LogP contribution in [-0.2, 0) is 27.2 Å². The summed E-state index contributed by atoms with van der Waals surface area (Å²) in [6.07, 6.45) is 0.316. The highest BCUT2D eigenvalue weighted by Crippen LogP contribution is 2.26. The molecular weight excluding hydrogens is 432 g/mol. The monoisotopic (exact) mass is 456 g/mol. The molecule has 3 aromatic rings. The van der Waals surface area contributed by atoms with Crippen LogP contribution in [0.5, 0.6) is 0 Å². The normalized spacial score (nSPS) is 14.3. The Bertz CT molecular complexity index is 1170. The van der Waals surface area contributed by atoms with Crippen LogP contribution >= 0.6 is 0 Å². The molecule has 0 fully saturated rings. The van der Waals surface area contributed by atoms with Crippen LogP contribution in [0.15, 0.2) is 84.9 Å². The summed E-state index contributed by atoms with van der Waals surface area (Å²) in [5, 5.41) is 2.72. The van der Waals surface area contributed by atoms with Crippen molar-refractivity contribution < 1.29 is 23.9 Å². The lowest BCUT2D eigenvalue weighted by Gasteiger charge is -2.27. The maximum atomic E-state index is 13.5. The Hall–Kier alpha value is -4.26. The quantitative estimate of drug-likeness (QED) is 0.416. The Morgan fingerprint density at radius 2 is 1.24 bits per heavy atom. The van der Waals surface area contributed by atoms with Crippen LogP contribution < -0.4 is 5.32 Å². The summed E-state index contributed by atoms with van der Waals surface area (Å²) in [5.41, 5.74) is 2.12. The van der Waals surface area contributed by atoms with E-state index in [0.717, 1.165) is 16.0 Å². The molecule has 3 amide bonds. The zero-order valence-corrected chi connectivity index (χ0v) is 18.6. The van der Waals surface area contributed by atoms with Crippen LogP contribution in [0.2, 0.25) is 0 Å². The molecule has 0 radical (unpaired) electrons. The van der Waals surface area contributed by atoms with Crippen molar-refractivity contribution >= 4 is 23.7 Å². The first-order chi connectivity index (χ1) is 16.5. The van der Waals surface area contributed by atoms with E-state index in [1.54, 1.807) is 24.3 Å². The van der Waals surface area contributed by atoms with Crippen LogP contribution in [0.25, 0.3) is 0 Å². The topological polar surface area (TPSA) is 92.8 Å². The third kappa shape index (κ3) is 4.73. The van der Waals surface area contributed by atoms with Gasteiger partial charge in [0.1, 0.15) is 12.1 Å². The van der Waals surface area contributed by atoms with E-state index in [-0.39, 0.29) is 24.0 Å². The van der Waals surface area contributed by atoms with Crippen LogP contribution in [0.1, 0.15) is 31.8 Å². The number of hydrogen-bond acceptors (Lipinski definition) is 5. The number of amides is 3. The molecule has 2 atom stereocenters. The van der Waals surface area contributed by atoms with E-state index in [1.165, 1.54) is 7.11 Å². The zero-order valence-electron chi connectivity index (χ0n) is 18.6. The van der Waals surface area contributed by atoms with Crippen molar-refractivity contribution in [3.05, 3.63) is 107 Å². The molecule has 7 heteroatoms. The van der Waals surface area contributed by atoms with Crippen molar-refractivity contribution in [2.24, 2.45) is 0 Å². The highest BCUT2D eigenvalue weighted by Gasteiger charge is 2.43. The number of carbonyl (C=O) groups excluding carboxylic acids is 4. The first-order valence-corrected chi connectivity index (χ1v) is 10.9. The van der Waals surface area contributed by atoms with Gasteiger partial charge in [-0.25, -0.2) is 4.79 Å². The smallest absolute Gasteiger partial charge is 0.328 e. The largest absolute Gasteiger partial charge is 0.467 e. The van der Waals surface area contributed by atoms with Gasteiger partial charge in [-0.1, -0.05) is 72.8 Å². The molecule has 0 saturated carbocycles. The van der Waals surface area contributed by atoms with E-state index in [1.807, 2.05) is 60.7 Å². The van der Waals surface area contributed by atoms with Crippen molar-refractivity contribution in [2.75, 3.05) is 7.11 Å². The lowest BCUT2D eigenvalue weighted by Crippen LogP contribution is -2.54. The van der Waals surface area contributed by atoms with Gasteiger partial charge in [0.05, 0.1) is 18.2 Å². The van der Waals surface area contributed by atoms with Gasteiger partial charge < -0.3 is 10.1 Å². The summed E-state index contributed by atoms with van der Waals surface area (Å²) < 4.78 is 4.90. The molecule has 172 valence electrons. The Balaban J connectivity index is 1.64. The van der Waals surface area contributed by atoms with Gasteiger partial charge in [0.2, 0.25) is 5.91 Å². The molecule has 1 heterocycles. The number of esters is 1. The first-order valence-electron chi connectivity index (χ1n) is 10.9. The number of nitrogens with zero attached hydrogens (tertiary/aromatic N) is 1. The second kappa shape index (κ2) is 10.1. The predicted octanol–water partition coefficient (Wildman–Crippen LogP) is 2.79. The van der Waals surface area contributed by atoms with E-state index >= 15 is 0 Å². The number of nitrogens with one attached hydrogen (secondary N) is 1. The number of rotatable bonds is 8. The molecule has 0 saturated heterocycles. The summed E-state index contributed by atoms with van der Waals surface area (Å²) in [6, 6.07) is 22.7. The van der Waals surface area contributed by atoms with Gasteiger partial charge in [0, 0.05) is 12.8 Å². The number of fused-ring (bicyclic) bond motifs is 1. The third-order valence-corrected chi connectivity index (χ3v) is 5.80. The number of carbonyl (C=O) groups is 4. The number of methoxy groups -OCH3 is 1. The number of hydrogen-bond donors (Lipinski definition) is 1. The van der Waals surface area contributed by atoms with Gasteiger partial charge in [0.25, 0.3) is 11.8 Å². The van der Waals surface area contributed by atoms with Gasteiger partial charge in [-0.05, 0) is 23.3 Å². The number of imide groups is 1. The molecule has 0 aromatic heterocycles. The number of benzene rings is 3. The Kier molecular flexibility index (Phi) is 6.82. The Morgan fingerprint density at radius 1 is 0.765 bits per heavy atom. The van der Waals surface area contributed by atoms with E-state index in [9.17, 15) is 19.2 Å².